The average Bonchev–Trinajstić information content (AvgIpc) is 3.05. The number of Topliss-reactive ketones (excluding diaryl/α,β-unsaturated/α-hetero) is 1. The van der Waals surface area contributed by atoms with Gasteiger partial charge in [-0.25, -0.2) is 0 Å². The number of carbonyl (C=O) groups excluding carboxylic acids is 2. The summed E-state index contributed by atoms with van der Waals surface area (Å²) in [6, 6.07) is 10.1. The molecule has 2 N–H and O–H groups in total. The molecule has 1 saturated heterocycles. The van der Waals surface area contributed by atoms with Gasteiger partial charge >= 0.3 is 0 Å². The summed E-state index contributed by atoms with van der Waals surface area (Å²) >= 11 is 6.12. The summed E-state index contributed by atoms with van der Waals surface area (Å²) in [6.45, 7) is 3.67. The molecule has 2 aromatic carbocycles. The third-order valence-corrected chi connectivity index (χ3v) is 5.75. The molecule has 1 fully saturated rings. The number of amides is 1. The first-order chi connectivity index (χ1) is 15.7. The minimum atomic E-state index is -1.05. The first kappa shape index (κ1) is 22.4. The molecule has 4 rings (SSSR count). The van der Waals surface area contributed by atoms with Gasteiger partial charge in [0.25, 0.3) is 11.7 Å². The Hall–Kier alpha value is -3.84. The Balaban J connectivity index is 2.03. The molecule has 7 nitrogen and oxygen atoms in total. The molecule has 1 aromatic heterocycles. The van der Waals surface area contributed by atoms with Gasteiger partial charge in [-0.2, -0.15) is 0 Å². The number of phenols is 1. The fourth-order valence-corrected chi connectivity index (χ4v) is 4.34. The maximum atomic E-state index is 13.3. The number of benzene rings is 2. The van der Waals surface area contributed by atoms with Gasteiger partial charge in [-0.15, -0.1) is 0 Å². The number of pyridine rings is 1. The van der Waals surface area contributed by atoms with Crippen LogP contribution in [0.2, 0.25) is 5.02 Å². The SMILES string of the molecule is COc1c(C)cc(C)cc1/C(O)=C1\C(=O)C(=O)N(c2cc(Cl)ccc2O)C1c1cccnc1. The maximum absolute atomic E-state index is 13.3. The molecule has 1 aliphatic rings. The number of ketones is 1. The Kier molecular flexibility index (Phi) is 5.82. The molecule has 1 unspecified atom stereocenters. The summed E-state index contributed by atoms with van der Waals surface area (Å²) in [5.41, 5.74) is 2.27. The predicted molar refractivity (Wildman–Crippen MR) is 125 cm³/mol. The number of nitrogens with zero attached hydrogens (tertiary/aromatic N) is 2. The highest BCUT2D eigenvalue weighted by Crippen LogP contribution is 2.46. The van der Waals surface area contributed by atoms with Gasteiger partial charge in [0.15, 0.2) is 0 Å². The largest absolute Gasteiger partial charge is 0.507 e. The van der Waals surface area contributed by atoms with Crippen LogP contribution in [0, 0.1) is 13.8 Å². The molecule has 1 atom stereocenters. The fraction of sp³-hybridized carbons (Fsp3) is 0.160. The summed E-state index contributed by atoms with van der Waals surface area (Å²) in [4.78, 5) is 31.7. The van der Waals surface area contributed by atoms with Crippen molar-refractivity contribution in [3.05, 3.63) is 87.7 Å². The van der Waals surface area contributed by atoms with Crippen LogP contribution in [-0.4, -0.2) is 34.0 Å². The van der Waals surface area contributed by atoms with Crippen LogP contribution in [-0.2, 0) is 9.59 Å². The fourth-order valence-electron chi connectivity index (χ4n) is 4.17. The van der Waals surface area contributed by atoms with Crippen molar-refractivity contribution < 1.29 is 24.5 Å². The van der Waals surface area contributed by atoms with Crippen molar-refractivity contribution >= 4 is 34.7 Å². The van der Waals surface area contributed by atoms with Crippen molar-refractivity contribution in [1.29, 1.82) is 0 Å². The van der Waals surface area contributed by atoms with Gasteiger partial charge in [0.2, 0.25) is 0 Å². The highest BCUT2D eigenvalue weighted by Gasteiger charge is 2.48. The van der Waals surface area contributed by atoms with Gasteiger partial charge < -0.3 is 14.9 Å². The molecule has 0 spiro atoms. The van der Waals surface area contributed by atoms with Crippen LogP contribution in [0.1, 0.15) is 28.3 Å². The molecule has 8 heteroatoms. The Labute approximate surface area is 195 Å². The van der Waals surface area contributed by atoms with Gasteiger partial charge in [-0.05, 0) is 60.9 Å². The van der Waals surface area contributed by atoms with E-state index >= 15 is 0 Å². The number of carbonyl (C=O) groups is 2. The number of halogens is 1. The lowest BCUT2D eigenvalue weighted by atomic mass is 9.94. The molecule has 33 heavy (non-hydrogen) atoms. The molecule has 1 aliphatic heterocycles. The second-order valence-electron chi connectivity index (χ2n) is 7.75. The number of aryl methyl sites for hydroxylation is 2. The summed E-state index contributed by atoms with van der Waals surface area (Å²) in [6.07, 6.45) is 3.05. The zero-order chi connectivity index (χ0) is 23.9. The topological polar surface area (TPSA) is 100.0 Å². The molecule has 0 aliphatic carbocycles. The molecule has 0 radical (unpaired) electrons. The van der Waals surface area contributed by atoms with E-state index in [1.54, 1.807) is 24.4 Å². The number of phenolic OH excluding ortho intramolecular Hbond substituents is 1. The molecular formula is C25H21ClN2O5. The van der Waals surface area contributed by atoms with E-state index in [0.29, 0.717) is 11.3 Å². The van der Waals surface area contributed by atoms with Crippen LogP contribution in [0.4, 0.5) is 5.69 Å². The van der Waals surface area contributed by atoms with Gasteiger partial charge in [0.1, 0.15) is 17.3 Å². The first-order valence-electron chi connectivity index (χ1n) is 10.1. The first-order valence-corrected chi connectivity index (χ1v) is 10.5. The lowest BCUT2D eigenvalue weighted by Crippen LogP contribution is -2.29. The smallest absolute Gasteiger partial charge is 0.300 e. The Morgan fingerprint density at radius 2 is 1.91 bits per heavy atom. The summed E-state index contributed by atoms with van der Waals surface area (Å²) in [5.74, 6) is -2.04. The lowest BCUT2D eigenvalue weighted by Gasteiger charge is -2.26. The van der Waals surface area contributed by atoms with Gasteiger partial charge in [0, 0.05) is 17.4 Å². The molecule has 0 bridgehead atoms. The van der Waals surface area contributed by atoms with E-state index in [2.05, 4.69) is 4.98 Å². The molecule has 1 amide bonds. The van der Waals surface area contributed by atoms with E-state index < -0.39 is 17.7 Å². The van der Waals surface area contributed by atoms with Gasteiger partial charge in [0.05, 0.1) is 30.0 Å². The number of hydrogen-bond donors (Lipinski definition) is 2. The highest BCUT2D eigenvalue weighted by molar-refractivity contribution is 6.52. The third-order valence-electron chi connectivity index (χ3n) is 5.52. The molecular weight excluding hydrogens is 444 g/mol. The van der Waals surface area contributed by atoms with Crippen LogP contribution in [0.3, 0.4) is 0 Å². The second kappa shape index (κ2) is 8.60. The Bertz CT molecular complexity index is 1300. The van der Waals surface area contributed by atoms with Crippen molar-refractivity contribution in [1.82, 2.24) is 4.98 Å². The van der Waals surface area contributed by atoms with E-state index in [9.17, 15) is 19.8 Å². The van der Waals surface area contributed by atoms with Crippen LogP contribution in [0.5, 0.6) is 11.5 Å². The zero-order valence-electron chi connectivity index (χ0n) is 18.2. The maximum Gasteiger partial charge on any atom is 0.300 e. The number of aromatic hydroxyl groups is 1. The van der Waals surface area contributed by atoms with Crippen LogP contribution in [0.25, 0.3) is 5.76 Å². The standard InChI is InChI=1S/C25H21ClN2O5/c1-13-9-14(2)24(33-3)17(10-13)22(30)20-21(15-5-4-8-27-12-15)28(25(32)23(20)31)18-11-16(26)6-7-19(18)29/h4-12,21,29-30H,1-3H3/b22-20+. The van der Waals surface area contributed by atoms with E-state index in [0.717, 1.165) is 16.0 Å². The quantitative estimate of drug-likeness (QED) is 0.330. The number of rotatable bonds is 4. The van der Waals surface area contributed by atoms with E-state index in [-0.39, 0.29) is 33.4 Å². The average molecular weight is 465 g/mol. The lowest BCUT2D eigenvalue weighted by molar-refractivity contribution is -0.132. The monoisotopic (exact) mass is 464 g/mol. The van der Waals surface area contributed by atoms with Crippen molar-refractivity contribution in [2.45, 2.75) is 19.9 Å². The minimum Gasteiger partial charge on any atom is -0.507 e. The van der Waals surface area contributed by atoms with E-state index in [1.165, 1.54) is 31.5 Å². The summed E-state index contributed by atoms with van der Waals surface area (Å²) in [5, 5.41) is 22.1. The number of aliphatic hydroxyl groups excluding tert-OH is 1. The Morgan fingerprint density at radius 1 is 1.15 bits per heavy atom. The van der Waals surface area contributed by atoms with E-state index in [1.807, 2.05) is 19.9 Å². The van der Waals surface area contributed by atoms with Crippen molar-refractivity contribution in [3.8, 4) is 11.5 Å². The summed E-state index contributed by atoms with van der Waals surface area (Å²) < 4.78 is 5.49. The third kappa shape index (κ3) is 3.81. The number of anilines is 1. The molecule has 2 heterocycles. The predicted octanol–water partition coefficient (Wildman–Crippen LogP) is 4.69. The van der Waals surface area contributed by atoms with Crippen LogP contribution < -0.4 is 9.64 Å². The highest BCUT2D eigenvalue weighted by atomic mass is 35.5. The number of ether oxygens (including phenoxy) is 1. The molecule has 0 saturated carbocycles. The normalized spacial score (nSPS) is 17.5. The number of aromatic nitrogens is 1. The van der Waals surface area contributed by atoms with Crippen molar-refractivity contribution in [2.24, 2.45) is 0 Å². The number of aliphatic hydroxyl groups is 1. The molecule has 3 aromatic rings. The summed E-state index contributed by atoms with van der Waals surface area (Å²) in [7, 11) is 1.47. The minimum absolute atomic E-state index is 0.0462. The van der Waals surface area contributed by atoms with E-state index in [4.69, 9.17) is 16.3 Å². The number of hydrogen-bond acceptors (Lipinski definition) is 6. The van der Waals surface area contributed by atoms with Crippen LogP contribution in [0.15, 0.2) is 60.4 Å². The van der Waals surface area contributed by atoms with Gasteiger partial charge in [-0.3, -0.25) is 19.5 Å². The second-order valence-corrected chi connectivity index (χ2v) is 8.19. The number of methoxy groups -OCH3 is 1. The Morgan fingerprint density at radius 3 is 2.58 bits per heavy atom. The zero-order valence-corrected chi connectivity index (χ0v) is 18.9. The van der Waals surface area contributed by atoms with Gasteiger partial charge in [-0.1, -0.05) is 23.7 Å². The van der Waals surface area contributed by atoms with Crippen molar-refractivity contribution in [3.63, 3.8) is 0 Å². The molecule has 168 valence electrons. The van der Waals surface area contributed by atoms with Crippen LogP contribution >= 0.6 is 11.6 Å². The van der Waals surface area contributed by atoms with Crippen molar-refractivity contribution in [2.75, 3.05) is 12.0 Å².